The molecule has 0 aromatic heterocycles. The number of hydrogen-bond acceptors (Lipinski definition) is 7. The van der Waals surface area contributed by atoms with Crippen LogP contribution in [-0.2, 0) is 33.2 Å². The summed E-state index contributed by atoms with van der Waals surface area (Å²) < 4.78 is 49.3. The van der Waals surface area contributed by atoms with Crippen LogP contribution in [0.2, 0.25) is 0 Å². The Labute approximate surface area is 149 Å². The maximum absolute atomic E-state index is 11.8. The summed E-state index contributed by atoms with van der Waals surface area (Å²) in [6, 6.07) is 7.97. The summed E-state index contributed by atoms with van der Waals surface area (Å²) in [4.78, 5) is 0.128. The van der Waals surface area contributed by atoms with Crippen LogP contribution in [-0.4, -0.2) is 67.9 Å². The quantitative estimate of drug-likeness (QED) is 0.259. The van der Waals surface area contributed by atoms with Gasteiger partial charge in [-0.05, 0) is 12.1 Å². The zero-order valence-corrected chi connectivity index (χ0v) is 14.9. The van der Waals surface area contributed by atoms with Crippen LogP contribution in [0.5, 0.6) is 0 Å². The van der Waals surface area contributed by atoms with Crippen LogP contribution in [0.1, 0.15) is 0 Å². The van der Waals surface area contributed by atoms with Crippen molar-refractivity contribution < 1.29 is 31.5 Å². The van der Waals surface area contributed by atoms with E-state index in [0.29, 0.717) is 39.6 Å². The van der Waals surface area contributed by atoms with E-state index in [4.69, 9.17) is 29.6 Å². The minimum absolute atomic E-state index is 0.0437. The number of ether oxygens (including phenoxy) is 4. The van der Waals surface area contributed by atoms with Crippen LogP contribution in [0, 0.1) is 12.3 Å². The Kier molecular flexibility index (Phi) is 11.9. The molecule has 0 atom stereocenters. The van der Waals surface area contributed by atoms with Gasteiger partial charge < -0.3 is 18.9 Å². The molecular formula is C17H24O7S. The van der Waals surface area contributed by atoms with Crippen LogP contribution in [0.4, 0.5) is 0 Å². The van der Waals surface area contributed by atoms with Crippen molar-refractivity contribution >= 4 is 10.1 Å². The topological polar surface area (TPSA) is 80.3 Å². The number of terminal acetylenes is 1. The van der Waals surface area contributed by atoms with Gasteiger partial charge in [0.25, 0.3) is 10.1 Å². The largest absolute Gasteiger partial charge is 0.377 e. The fraction of sp³-hybridized carbons (Fsp3) is 0.529. The summed E-state index contributed by atoms with van der Waals surface area (Å²) >= 11 is 0. The van der Waals surface area contributed by atoms with E-state index >= 15 is 0 Å². The summed E-state index contributed by atoms with van der Waals surface area (Å²) in [5.74, 6) is 2.37. The second-order valence-electron chi connectivity index (χ2n) is 4.68. The van der Waals surface area contributed by atoms with Crippen molar-refractivity contribution in [3.05, 3.63) is 30.3 Å². The van der Waals surface area contributed by atoms with E-state index in [9.17, 15) is 8.42 Å². The van der Waals surface area contributed by atoms with Crippen LogP contribution < -0.4 is 0 Å². The van der Waals surface area contributed by atoms with Gasteiger partial charge in [0, 0.05) is 0 Å². The first-order valence-electron chi connectivity index (χ1n) is 7.86. The molecule has 8 heteroatoms. The van der Waals surface area contributed by atoms with Crippen LogP contribution >= 0.6 is 0 Å². The van der Waals surface area contributed by atoms with E-state index < -0.39 is 10.1 Å². The van der Waals surface area contributed by atoms with E-state index in [1.807, 2.05) is 0 Å². The van der Waals surface area contributed by atoms with Crippen molar-refractivity contribution in [1.82, 2.24) is 0 Å². The number of hydrogen-bond donors (Lipinski definition) is 0. The lowest BCUT2D eigenvalue weighted by Crippen LogP contribution is -2.15. The maximum Gasteiger partial charge on any atom is 0.297 e. The molecule has 0 aliphatic carbocycles. The molecule has 1 rings (SSSR count). The highest BCUT2D eigenvalue weighted by Crippen LogP contribution is 2.10. The van der Waals surface area contributed by atoms with Crippen molar-refractivity contribution in [1.29, 1.82) is 0 Å². The third-order valence-corrected chi connectivity index (χ3v) is 4.13. The zero-order valence-electron chi connectivity index (χ0n) is 14.1. The Morgan fingerprint density at radius 2 is 1.24 bits per heavy atom. The molecule has 140 valence electrons. The molecule has 0 radical (unpaired) electrons. The molecule has 1 aromatic rings. The first kappa shape index (κ1) is 21.6. The lowest BCUT2D eigenvalue weighted by Gasteiger charge is -2.08. The van der Waals surface area contributed by atoms with Crippen LogP contribution in [0.3, 0.4) is 0 Å². The van der Waals surface area contributed by atoms with E-state index in [1.165, 1.54) is 12.1 Å². The lowest BCUT2D eigenvalue weighted by molar-refractivity contribution is -0.00165. The van der Waals surface area contributed by atoms with Gasteiger partial charge in [-0.3, -0.25) is 4.18 Å². The number of rotatable bonds is 15. The molecule has 0 saturated carbocycles. The normalized spacial score (nSPS) is 11.3. The Hall–Kier alpha value is -1.47. The molecule has 0 aliphatic heterocycles. The fourth-order valence-electron chi connectivity index (χ4n) is 1.65. The Bertz CT molecular complexity index is 581. The second-order valence-corrected chi connectivity index (χ2v) is 6.30. The highest BCUT2D eigenvalue weighted by molar-refractivity contribution is 7.86. The third-order valence-electron chi connectivity index (χ3n) is 2.80. The Morgan fingerprint density at radius 3 is 1.76 bits per heavy atom. The van der Waals surface area contributed by atoms with E-state index in [2.05, 4.69) is 5.92 Å². The van der Waals surface area contributed by atoms with Crippen molar-refractivity contribution in [2.45, 2.75) is 4.90 Å². The average Bonchev–Trinajstić information content (AvgIpc) is 2.63. The van der Waals surface area contributed by atoms with Crippen LogP contribution in [0.25, 0.3) is 0 Å². The van der Waals surface area contributed by atoms with Crippen molar-refractivity contribution in [3.63, 3.8) is 0 Å². The molecule has 0 bridgehead atoms. The molecule has 0 heterocycles. The molecule has 0 saturated heterocycles. The summed E-state index contributed by atoms with van der Waals surface area (Å²) in [5.41, 5.74) is 0. The minimum atomic E-state index is -3.73. The van der Waals surface area contributed by atoms with Crippen LogP contribution in [0.15, 0.2) is 35.2 Å². The molecule has 0 fully saturated rings. The van der Waals surface area contributed by atoms with E-state index in [-0.39, 0.29) is 24.7 Å². The SMILES string of the molecule is C#CCOCCOCCOCCOCCOS(=O)(=O)c1ccccc1. The van der Waals surface area contributed by atoms with Gasteiger partial charge in [-0.2, -0.15) is 8.42 Å². The standard InChI is InChI=1S/C17H24O7S/c1-2-8-20-9-10-21-11-12-22-13-14-23-15-16-24-25(18,19)17-6-4-3-5-7-17/h1,3-7H,8-16H2. The summed E-state index contributed by atoms with van der Waals surface area (Å²) in [5, 5.41) is 0. The van der Waals surface area contributed by atoms with Gasteiger partial charge in [0.15, 0.2) is 0 Å². The summed E-state index contributed by atoms with van der Waals surface area (Å²) in [6.45, 7) is 2.97. The predicted molar refractivity (Wildman–Crippen MR) is 91.7 cm³/mol. The molecule has 0 unspecified atom stereocenters. The predicted octanol–water partition coefficient (Wildman–Crippen LogP) is 1.09. The summed E-state index contributed by atoms with van der Waals surface area (Å²) in [6.07, 6.45) is 5.03. The first-order chi connectivity index (χ1) is 12.2. The lowest BCUT2D eigenvalue weighted by atomic mass is 10.4. The maximum atomic E-state index is 11.8. The van der Waals surface area contributed by atoms with Gasteiger partial charge >= 0.3 is 0 Å². The van der Waals surface area contributed by atoms with Crippen molar-refractivity contribution in [2.75, 3.05) is 59.5 Å². The van der Waals surface area contributed by atoms with Gasteiger partial charge in [0.05, 0.1) is 57.8 Å². The van der Waals surface area contributed by atoms with E-state index in [0.717, 1.165) is 0 Å². The Morgan fingerprint density at radius 1 is 0.760 bits per heavy atom. The minimum Gasteiger partial charge on any atom is -0.377 e. The van der Waals surface area contributed by atoms with Gasteiger partial charge in [0.2, 0.25) is 0 Å². The molecule has 0 N–H and O–H groups in total. The van der Waals surface area contributed by atoms with Gasteiger partial charge in [0.1, 0.15) is 6.61 Å². The van der Waals surface area contributed by atoms with Crippen molar-refractivity contribution in [2.24, 2.45) is 0 Å². The molecule has 7 nitrogen and oxygen atoms in total. The first-order valence-corrected chi connectivity index (χ1v) is 9.26. The van der Waals surface area contributed by atoms with Crippen molar-refractivity contribution in [3.8, 4) is 12.3 Å². The smallest absolute Gasteiger partial charge is 0.297 e. The molecule has 25 heavy (non-hydrogen) atoms. The summed E-state index contributed by atoms with van der Waals surface area (Å²) in [7, 11) is -3.73. The highest BCUT2D eigenvalue weighted by atomic mass is 32.2. The van der Waals surface area contributed by atoms with Gasteiger partial charge in [-0.25, -0.2) is 0 Å². The molecule has 0 amide bonds. The molecule has 0 spiro atoms. The van der Waals surface area contributed by atoms with E-state index in [1.54, 1.807) is 18.2 Å². The average molecular weight is 372 g/mol. The van der Waals surface area contributed by atoms with Gasteiger partial charge in [-0.15, -0.1) is 6.42 Å². The monoisotopic (exact) mass is 372 g/mol. The highest BCUT2D eigenvalue weighted by Gasteiger charge is 2.13. The molecule has 1 aromatic carbocycles. The zero-order chi connectivity index (χ0) is 18.2. The fourth-order valence-corrected chi connectivity index (χ4v) is 2.56. The second kappa shape index (κ2) is 13.8. The Balaban J connectivity index is 1.90. The number of benzene rings is 1. The molecule has 0 aliphatic rings. The third kappa shape index (κ3) is 10.9. The van der Waals surface area contributed by atoms with Gasteiger partial charge in [-0.1, -0.05) is 24.1 Å². The molecular weight excluding hydrogens is 348 g/mol.